The van der Waals surface area contributed by atoms with Gasteiger partial charge in [-0.05, 0) is 51.2 Å². The van der Waals surface area contributed by atoms with E-state index in [0.29, 0.717) is 18.7 Å². The Balaban J connectivity index is 1.76. The molecule has 1 radical (unpaired) electrons. The van der Waals surface area contributed by atoms with Gasteiger partial charge in [-0.1, -0.05) is 18.2 Å². The topological polar surface area (TPSA) is 60.7 Å². The maximum Gasteiger partial charge on any atom is 0.416 e. The normalized spacial score (nSPS) is 25.3. The van der Waals surface area contributed by atoms with Crippen molar-refractivity contribution in [1.82, 2.24) is 10.2 Å². The van der Waals surface area contributed by atoms with Gasteiger partial charge >= 0.3 is 6.09 Å². The number of amides is 1. The maximum absolute atomic E-state index is 13.2. The largest absolute Gasteiger partial charge is 0.416 e. The van der Waals surface area contributed by atoms with Gasteiger partial charge in [0.05, 0.1) is 0 Å². The molecule has 5 nitrogen and oxygen atoms in total. The Morgan fingerprint density at radius 1 is 1.17 bits per heavy atom. The van der Waals surface area contributed by atoms with Crippen molar-refractivity contribution < 1.29 is 14.3 Å². The molecule has 3 rings (SSSR count). The van der Waals surface area contributed by atoms with E-state index in [1.807, 2.05) is 25.1 Å². The summed E-state index contributed by atoms with van der Waals surface area (Å²) in [7, 11) is 0. The molecule has 1 amide bonds. The van der Waals surface area contributed by atoms with Crippen molar-refractivity contribution in [2.75, 3.05) is 19.6 Å². The van der Waals surface area contributed by atoms with Gasteiger partial charge in [-0.3, -0.25) is 9.69 Å². The summed E-state index contributed by atoms with van der Waals surface area (Å²) in [6.07, 6.45) is 3.77. The number of likely N-dealkylation sites (tertiary alicyclic amines) is 1. The molecule has 0 aliphatic carbocycles. The van der Waals surface area contributed by atoms with E-state index >= 15 is 0 Å². The van der Waals surface area contributed by atoms with Crippen molar-refractivity contribution >= 4 is 11.9 Å². The first-order valence-electron chi connectivity index (χ1n) is 8.83. The fraction of sp³-hybridized carbons (Fsp3) is 0.579. The molecule has 129 valence electrons. The van der Waals surface area contributed by atoms with Crippen LogP contribution in [0.25, 0.3) is 0 Å². The standard InChI is InChI=1S/C19H25N2O3/c1-19(17(22)15-9-12-20-13-10-15)11-5-6-14-21(19)18(23)24-16-7-3-2-4-8-16/h2-4,7-8,15H,5-6,9-14H2,1H3. The monoisotopic (exact) mass is 329 g/mol. The Labute approximate surface area is 143 Å². The lowest BCUT2D eigenvalue weighted by Gasteiger charge is -2.44. The molecule has 1 aromatic carbocycles. The summed E-state index contributed by atoms with van der Waals surface area (Å²) in [4.78, 5) is 27.5. The van der Waals surface area contributed by atoms with E-state index in [1.54, 1.807) is 17.0 Å². The second-order valence-electron chi connectivity index (χ2n) is 6.87. The Hall–Kier alpha value is -1.88. The molecule has 2 fully saturated rings. The highest BCUT2D eigenvalue weighted by Gasteiger charge is 2.46. The zero-order valence-corrected chi connectivity index (χ0v) is 14.2. The Kier molecular flexibility index (Phi) is 5.19. The molecule has 5 heteroatoms. The number of ether oxygens (including phenoxy) is 1. The number of Topliss-reactive ketones (excluding diaryl/α,β-unsaturated/α-hetero) is 1. The van der Waals surface area contributed by atoms with Crippen LogP contribution in [0.4, 0.5) is 4.79 Å². The number of carbonyl (C=O) groups excluding carboxylic acids is 2. The molecule has 0 aromatic heterocycles. The molecule has 0 spiro atoms. The van der Waals surface area contributed by atoms with Gasteiger partial charge in [0.25, 0.3) is 0 Å². The molecule has 2 aliphatic heterocycles. The van der Waals surface area contributed by atoms with Gasteiger partial charge in [0.1, 0.15) is 11.3 Å². The molecule has 0 saturated carbocycles. The van der Waals surface area contributed by atoms with Gasteiger partial charge in [-0.25, -0.2) is 10.1 Å². The minimum Gasteiger partial charge on any atom is -0.410 e. The minimum atomic E-state index is -0.758. The number of hydrogen-bond acceptors (Lipinski definition) is 3. The first kappa shape index (κ1) is 17.0. The highest BCUT2D eigenvalue weighted by molar-refractivity contribution is 5.93. The van der Waals surface area contributed by atoms with Crippen LogP contribution in [0.5, 0.6) is 5.75 Å². The van der Waals surface area contributed by atoms with Gasteiger partial charge in [0.2, 0.25) is 0 Å². The fourth-order valence-electron chi connectivity index (χ4n) is 3.77. The third-order valence-corrected chi connectivity index (χ3v) is 5.23. The molecule has 2 saturated heterocycles. The number of hydrogen-bond donors (Lipinski definition) is 0. The van der Waals surface area contributed by atoms with E-state index in [9.17, 15) is 9.59 Å². The lowest BCUT2D eigenvalue weighted by molar-refractivity contribution is -0.136. The molecule has 0 bridgehead atoms. The molecule has 1 unspecified atom stereocenters. The predicted octanol–water partition coefficient (Wildman–Crippen LogP) is 3.01. The molecular formula is C19H25N2O3. The summed E-state index contributed by atoms with van der Waals surface area (Å²) in [6.45, 7) is 3.99. The zero-order chi connectivity index (χ0) is 17.0. The van der Waals surface area contributed by atoms with Crippen LogP contribution in [0, 0.1) is 5.92 Å². The second kappa shape index (κ2) is 7.34. The summed E-state index contributed by atoms with van der Waals surface area (Å²) >= 11 is 0. The first-order chi connectivity index (χ1) is 11.6. The summed E-state index contributed by atoms with van der Waals surface area (Å²) in [5.41, 5.74) is -0.758. The van der Waals surface area contributed by atoms with Crippen molar-refractivity contribution in [2.45, 2.75) is 44.6 Å². The molecule has 24 heavy (non-hydrogen) atoms. The van der Waals surface area contributed by atoms with Crippen molar-refractivity contribution in [3.05, 3.63) is 30.3 Å². The van der Waals surface area contributed by atoms with Gasteiger partial charge in [-0.2, -0.15) is 0 Å². The number of nitrogens with zero attached hydrogens (tertiary/aromatic N) is 2. The van der Waals surface area contributed by atoms with E-state index in [1.165, 1.54) is 0 Å². The number of benzene rings is 1. The minimum absolute atomic E-state index is 0.0117. The van der Waals surface area contributed by atoms with Crippen LogP contribution < -0.4 is 10.1 Å². The SMILES string of the molecule is CC1(C(=O)C2CC[N]CC2)CCCCN1C(=O)Oc1ccccc1. The summed E-state index contributed by atoms with van der Waals surface area (Å²) < 4.78 is 5.50. The number of carbonyl (C=O) groups is 2. The average Bonchev–Trinajstić information content (AvgIpc) is 2.63. The third-order valence-electron chi connectivity index (χ3n) is 5.23. The van der Waals surface area contributed by atoms with Crippen LogP contribution in [-0.2, 0) is 4.79 Å². The summed E-state index contributed by atoms with van der Waals surface area (Å²) in [6, 6.07) is 9.04. The Morgan fingerprint density at radius 2 is 1.88 bits per heavy atom. The van der Waals surface area contributed by atoms with Gasteiger partial charge in [0.15, 0.2) is 5.78 Å². The predicted molar refractivity (Wildman–Crippen MR) is 91.0 cm³/mol. The first-order valence-corrected chi connectivity index (χ1v) is 8.83. The quantitative estimate of drug-likeness (QED) is 0.856. The number of ketones is 1. The Morgan fingerprint density at radius 3 is 2.58 bits per heavy atom. The number of para-hydroxylation sites is 1. The van der Waals surface area contributed by atoms with Gasteiger partial charge in [-0.15, -0.1) is 0 Å². The second-order valence-corrected chi connectivity index (χ2v) is 6.87. The molecule has 2 heterocycles. The lowest BCUT2D eigenvalue weighted by Crippen LogP contribution is -2.60. The maximum atomic E-state index is 13.2. The van der Waals surface area contributed by atoms with Crippen molar-refractivity contribution in [3.8, 4) is 5.75 Å². The smallest absolute Gasteiger partial charge is 0.410 e. The van der Waals surface area contributed by atoms with Crippen molar-refractivity contribution in [3.63, 3.8) is 0 Å². The van der Waals surface area contributed by atoms with E-state index in [4.69, 9.17) is 4.74 Å². The zero-order valence-electron chi connectivity index (χ0n) is 14.2. The van der Waals surface area contributed by atoms with Crippen molar-refractivity contribution in [1.29, 1.82) is 0 Å². The average molecular weight is 329 g/mol. The third kappa shape index (κ3) is 3.46. The highest BCUT2D eigenvalue weighted by Crippen LogP contribution is 2.34. The summed E-state index contributed by atoms with van der Waals surface area (Å²) in [5.74, 6) is 0.707. The van der Waals surface area contributed by atoms with Crippen LogP contribution in [0.15, 0.2) is 30.3 Å². The van der Waals surface area contributed by atoms with Crippen LogP contribution >= 0.6 is 0 Å². The van der Waals surface area contributed by atoms with E-state index < -0.39 is 11.6 Å². The van der Waals surface area contributed by atoms with E-state index in [-0.39, 0.29) is 11.7 Å². The van der Waals surface area contributed by atoms with Gasteiger partial charge < -0.3 is 4.74 Å². The van der Waals surface area contributed by atoms with E-state index in [2.05, 4.69) is 5.32 Å². The van der Waals surface area contributed by atoms with E-state index in [0.717, 1.165) is 38.8 Å². The fourth-order valence-corrected chi connectivity index (χ4v) is 3.77. The Bertz CT molecular complexity index is 584. The molecule has 0 N–H and O–H groups in total. The van der Waals surface area contributed by atoms with Crippen LogP contribution in [0.3, 0.4) is 0 Å². The van der Waals surface area contributed by atoms with Crippen LogP contribution in [0.2, 0.25) is 0 Å². The molecular weight excluding hydrogens is 304 g/mol. The van der Waals surface area contributed by atoms with Crippen LogP contribution in [-0.4, -0.2) is 41.9 Å². The molecule has 2 aliphatic rings. The highest BCUT2D eigenvalue weighted by atomic mass is 16.6. The lowest BCUT2D eigenvalue weighted by atomic mass is 9.77. The number of rotatable bonds is 3. The van der Waals surface area contributed by atoms with Crippen LogP contribution in [0.1, 0.15) is 39.0 Å². The summed E-state index contributed by atoms with van der Waals surface area (Å²) in [5, 5.41) is 4.33. The molecule has 1 atom stereocenters. The molecule has 1 aromatic rings. The van der Waals surface area contributed by atoms with Crippen molar-refractivity contribution in [2.24, 2.45) is 5.92 Å². The number of piperidine rings is 2. The van der Waals surface area contributed by atoms with Gasteiger partial charge in [0, 0.05) is 25.6 Å².